The second-order valence-corrected chi connectivity index (χ2v) is 5.93. The van der Waals surface area contributed by atoms with Crippen molar-refractivity contribution in [2.75, 3.05) is 0 Å². The molecule has 110 valence electrons. The fraction of sp³-hybridized carbons (Fsp3) is 0.412. The lowest BCUT2D eigenvalue weighted by atomic mass is 10.0. The Morgan fingerprint density at radius 3 is 2.62 bits per heavy atom. The number of hydrogen-bond acceptors (Lipinski definition) is 2. The van der Waals surface area contributed by atoms with Crippen LogP contribution in [0.15, 0.2) is 24.4 Å². The van der Waals surface area contributed by atoms with Gasteiger partial charge in [-0.1, -0.05) is 36.6 Å². The van der Waals surface area contributed by atoms with Gasteiger partial charge in [0.05, 0.1) is 6.04 Å². The number of benzene rings is 1. The average Bonchev–Trinajstić information content (AvgIpc) is 3.07. The highest BCUT2D eigenvalue weighted by Crippen LogP contribution is 2.32. The second-order valence-electron chi connectivity index (χ2n) is 5.93. The Labute approximate surface area is 124 Å². The van der Waals surface area contributed by atoms with Gasteiger partial charge in [0, 0.05) is 11.8 Å². The third-order valence-corrected chi connectivity index (χ3v) is 4.30. The van der Waals surface area contributed by atoms with E-state index in [1.807, 2.05) is 30.7 Å². The molecule has 0 bridgehead atoms. The Balaban J connectivity index is 2.09. The topological polar surface area (TPSA) is 55.1 Å². The number of hydrogen-bond donors (Lipinski definition) is 1. The third kappa shape index (κ3) is 2.58. The Kier molecular flexibility index (Phi) is 3.53. The van der Waals surface area contributed by atoms with Gasteiger partial charge in [0.1, 0.15) is 11.3 Å². The Bertz CT molecular complexity index is 682. The summed E-state index contributed by atoms with van der Waals surface area (Å²) in [6, 6.07) is 6.39. The monoisotopic (exact) mass is 284 g/mol. The number of aryl methyl sites for hydroxylation is 2. The molecule has 0 radical (unpaired) electrons. The first-order valence-corrected chi connectivity index (χ1v) is 7.46. The predicted molar refractivity (Wildman–Crippen MR) is 81.6 cm³/mol. The maximum atomic E-state index is 11.5. The predicted octanol–water partition coefficient (Wildman–Crippen LogP) is 3.98. The number of aromatic carboxylic acids is 1. The molecule has 1 heterocycles. The van der Waals surface area contributed by atoms with Crippen LogP contribution in [0.5, 0.6) is 0 Å². The summed E-state index contributed by atoms with van der Waals surface area (Å²) in [6.07, 6.45) is 6.28. The highest BCUT2D eigenvalue weighted by molar-refractivity contribution is 5.95. The van der Waals surface area contributed by atoms with Crippen LogP contribution in [0.3, 0.4) is 0 Å². The van der Waals surface area contributed by atoms with Gasteiger partial charge < -0.3 is 5.11 Å². The number of aromatic nitrogens is 2. The summed E-state index contributed by atoms with van der Waals surface area (Å²) in [5, 5.41) is 14.1. The highest BCUT2D eigenvalue weighted by atomic mass is 16.4. The van der Waals surface area contributed by atoms with Crippen molar-refractivity contribution in [1.29, 1.82) is 0 Å². The molecule has 0 saturated heterocycles. The standard InChI is InChI=1S/C17H20N2O2/c1-11-7-8-14(12(2)9-11)16-15(17(20)21)10-19(18-16)13-5-3-4-6-13/h7-10,13H,3-6H2,1-2H3,(H,20,21). The second kappa shape index (κ2) is 5.35. The van der Waals surface area contributed by atoms with Gasteiger partial charge in [-0.15, -0.1) is 0 Å². The molecule has 1 fully saturated rings. The molecule has 1 aromatic heterocycles. The van der Waals surface area contributed by atoms with Gasteiger partial charge in [0.15, 0.2) is 0 Å². The largest absolute Gasteiger partial charge is 0.478 e. The summed E-state index contributed by atoms with van der Waals surface area (Å²) in [5.41, 5.74) is 4.04. The van der Waals surface area contributed by atoms with Gasteiger partial charge in [-0.2, -0.15) is 5.10 Å². The fourth-order valence-corrected chi connectivity index (χ4v) is 3.18. The van der Waals surface area contributed by atoms with Crippen LogP contribution < -0.4 is 0 Å². The summed E-state index contributed by atoms with van der Waals surface area (Å²) in [6.45, 7) is 4.04. The summed E-state index contributed by atoms with van der Waals surface area (Å²) in [4.78, 5) is 11.5. The van der Waals surface area contributed by atoms with Crippen molar-refractivity contribution in [2.24, 2.45) is 0 Å². The summed E-state index contributed by atoms with van der Waals surface area (Å²) in [7, 11) is 0. The molecule has 0 aliphatic heterocycles. The van der Waals surface area contributed by atoms with Crippen LogP contribution in [-0.2, 0) is 0 Å². The van der Waals surface area contributed by atoms with Crippen LogP contribution in [-0.4, -0.2) is 20.9 Å². The van der Waals surface area contributed by atoms with E-state index in [0.29, 0.717) is 17.3 Å². The molecule has 0 amide bonds. The number of carbonyl (C=O) groups is 1. The van der Waals surface area contributed by atoms with Gasteiger partial charge in [-0.3, -0.25) is 4.68 Å². The fourth-order valence-electron chi connectivity index (χ4n) is 3.18. The number of nitrogens with zero attached hydrogens (tertiary/aromatic N) is 2. The van der Waals surface area contributed by atoms with E-state index in [0.717, 1.165) is 24.0 Å². The molecule has 4 nitrogen and oxygen atoms in total. The molecule has 0 spiro atoms. The smallest absolute Gasteiger partial charge is 0.339 e. The van der Waals surface area contributed by atoms with E-state index in [-0.39, 0.29) is 0 Å². The normalized spacial score (nSPS) is 15.5. The van der Waals surface area contributed by atoms with E-state index < -0.39 is 5.97 Å². The van der Waals surface area contributed by atoms with Crippen LogP contribution in [0.2, 0.25) is 0 Å². The molecule has 2 aromatic rings. The van der Waals surface area contributed by atoms with E-state index in [4.69, 9.17) is 0 Å². The number of rotatable bonds is 3. The first-order valence-electron chi connectivity index (χ1n) is 7.46. The lowest BCUT2D eigenvalue weighted by Gasteiger charge is -2.09. The zero-order valence-corrected chi connectivity index (χ0v) is 12.5. The van der Waals surface area contributed by atoms with Gasteiger partial charge in [-0.25, -0.2) is 4.79 Å². The lowest BCUT2D eigenvalue weighted by molar-refractivity contribution is 0.0697. The van der Waals surface area contributed by atoms with E-state index in [9.17, 15) is 9.90 Å². The van der Waals surface area contributed by atoms with Gasteiger partial charge in [-0.05, 0) is 32.3 Å². The first-order chi connectivity index (χ1) is 10.1. The van der Waals surface area contributed by atoms with Crippen molar-refractivity contribution in [2.45, 2.75) is 45.6 Å². The minimum Gasteiger partial charge on any atom is -0.478 e. The minimum atomic E-state index is -0.908. The number of carboxylic acid groups (broad SMARTS) is 1. The van der Waals surface area contributed by atoms with Gasteiger partial charge in [0.2, 0.25) is 0 Å². The zero-order chi connectivity index (χ0) is 15.0. The van der Waals surface area contributed by atoms with Crippen molar-refractivity contribution in [3.05, 3.63) is 41.1 Å². The van der Waals surface area contributed by atoms with Crippen LogP contribution in [0, 0.1) is 13.8 Å². The van der Waals surface area contributed by atoms with Crippen LogP contribution in [0.1, 0.15) is 53.2 Å². The molecule has 4 heteroatoms. The van der Waals surface area contributed by atoms with Crippen molar-refractivity contribution >= 4 is 5.97 Å². The maximum Gasteiger partial charge on any atom is 0.339 e. The molecular formula is C17H20N2O2. The molecule has 1 aromatic carbocycles. The zero-order valence-electron chi connectivity index (χ0n) is 12.5. The maximum absolute atomic E-state index is 11.5. The van der Waals surface area contributed by atoms with Crippen LogP contribution in [0.4, 0.5) is 0 Å². The quantitative estimate of drug-likeness (QED) is 0.927. The Morgan fingerprint density at radius 2 is 2.00 bits per heavy atom. The summed E-state index contributed by atoms with van der Waals surface area (Å²) < 4.78 is 1.87. The molecule has 1 aliphatic carbocycles. The molecule has 21 heavy (non-hydrogen) atoms. The first kappa shape index (κ1) is 13.9. The van der Waals surface area contributed by atoms with Crippen LogP contribution in [0.25, 0.3) is 11.3 Å². The van der Waals surface area contributed by atoms with Crippen LogP contribution >= 0.6 is 0 Å². The molecular weight excluding hydrogens is 264 g/mol. The summed E-state index contributed by atoms with van der Waals surface area (Å²) >= 11 is 0. The summed E-state index contributed by atoms with van der Waals surface area (Å²) in [5.74, 6) is -0.908. The van der Waals surface area contributed by atoms with Crippen molar-refractivity contribution in [3.8, 4) is 11.3 Å². The van der Waals surface area contributed by atoms with E-state index >= 15 is 0 Å². The minimum absolute atomic E-state index is 0.300. The lowest BCUT2D eigenvalue weighted by Crippen LogP contribution is -2.05. The highest BCUT2D eigenvalue weighted by Gasteiger charge is 2.23. The third-order valence-electron chi connectivity index (χ3n) is 4.30. The van der Waals surface area contributed by atoms with Gasteiger partial charge >= 0.3 is 5.97 Å². The van der Waals surface area contributed by atoms with Gasteiger partial charge in [0.25, 0.3) is 0 Å². The molecule has 0 atom stereocenters. The average molecular weight is 284 g/mol. The van der Waals surface area contributed by atoms with E-state index in [1.165, 1.54) is 18.4 Å². The van der Waals surface area contributed by atoms with Crippen molar-refractivity contribution in [1.82, 2.24) is 9.78 Å². The van der Waals surface area contributed by atoms with E-state index in [2.05, 4.69) is 11.2 Å². The SMILES string of the molecule is Cc1ccc(-c2nn(C3CCCC3)cc2C(=O)O)c(C)c1. The molecule has 1 saturated carbocycles. The number of carboxylic acids is 1. The Morgan fingerprint density at radius 1 is 1.29 bits per heavy atom. The Hall–Kier alpha value is -2.10. The van der Waals surface area contributed by atoms with Crippen molar-refractivity contribution < 1.29 is 9.90 Å². The molecule has 1 aliphatic rings. The molecule has 1 N–H and O–H groups in total. The molecule has 0 unspecified atom stereocenters. The van der Waals surface area contributed by atoms with E-state index in [1.54, 1.807) is 6.20 Å². The van der Waals surface area contributed by atoms with Crippen molar-refractivity contribution in [3.63, 3.8) is 0 Å². The molecule has 3 rings (SSSR count).